The van der Waals surface area contributed by atoms with E-state index in [1.54, 1.807) is 12.1 Å². The number of nitrogens with zero attached hydrogens (tertiary/aromatic N) is 3. The molecule has 3 aromatic carbocycles. The first-order valence-corrected chi connectivity index (χ1v) is 9.62. The van der Waals surface area contributed by atoms with Crippen LogP contribution in [0, 0.1) is 17.0 Å². The maximum Gasteiger partial charge on any atom is 0.271 e. The summed E-state index contributed by atoms with van der Waals surface area (Å²) in [6.07, 6.45) is 1.32. The highest BCUT2D eigenvalue weighted by molar-refractivity contribution is 9.10. The Kier molecular flexibility index (Phi) is 4.96. The number of benzene rings is 3. The maximum absolute atomic E-state index is 11.0. The summed E-state index contributed by atoms with van der Waals surface area (Å²) in [5, 5.41) is 31.5. The second-order valence-electron chi connectivity index (χ2n) is 6.69. The lowest BCUT2D eigenvalue weighted by Crippen LogP contribution is -1.91. The molecule has 4 aromatic rings. The lowest BCUT2D eigenvalue weighted by Gasteiger charge is -2.04. The van der Waals surface area contributed by atoms with E-state index in [0.29, 0.717) is 17.1 Å². The smallest absolute Gasteiger partial charge is 0.271 e. The van der Waals surface area contributed by atoms with Crippen LogP contribution in [0.5, 0.6) is 11.5 Å². The number of H-pyrrole nitrogens is 1. The SMILES string of the molecule is Cc1ccc2nc(-c3cc(N=Cc4cc([N+](=O)[O-])cc(Br)c4O)ccc3O)[nH]c2c1. The summed E-state index contributed by atoms with van der Waals surface area (Å²) in [5.74, 6) is 0.368. The Morgan fingerprint density at radius 2 is 1.97 bits per heavy atom. The van der Waals surface area contributed by atoms with Gasteiger partial charge < -0.3 is 15.2 Å². The van der Waals surface area contributed by atoms with Gasteiger partial charge in [0, 0.05) is 23.9 Å². The van der Waals surface area contributed by atoms with Crippen molar-refractivity contribution in [2.45, 2.75) is 6.92 Å². The number of aromatic amines is 1. The molecule has 3 N–H and O–H groups in total. The first-order chi connectivity index (χ1) is 14.3. The van der Waals surface area contributed by atoms with Crippen LogP contribution in [-0.4, -0.2) is 31.3 Å². The molecule has 0 saturated carbocycles. The summed E-state index contributed by atoms with van der Waals surface area (Å²) < 4.78 is 0.196. The number of nitro benzene ring substituents is 1. The Morgan fingerprint density at radius 1 is 1.17 bits per heavy atom. The molecule has 0 atom stereocenters. The predicted octanol–water partition coefficient (Wildman–Crippen LogP) is 5.37. The number of hydrogen-bond acceptors (Lipinski definition) is 6. The lowest BCUT2D eigenvalue weighted by atomic mass is 10.1. The number of fused-ring (bicyclic) bond motifs is 1. The minimum Gasteiger partial charge on any atom is -0.507 e. The summed E-state index contributed by atoms with van der Waals surface area (Å²) >= 11 is 3.10. The number of imidazole rings is 1. The molecule has 0 bridgehead atoms. The minimum atomic E-state index is -0.552. The van der Waals surface area contributed by atoms with Crippen LogP contribution >= 0.6 is 15.9 Å². The third kappa shape index (κ3) is 3.74. The monoisotopic (exact) mass is 466 g/mol. The molecule has 0 unspecified atom stereocenters. The number of non-ortho nitro benzene ring substituents is 1. The lowest BCUT2D eigenvalue weighted by molar-refractivity contribution is -0.385. The van der Waals surface area contributed by atoms with Gasteiger partial charge in [0.2, 0.25) is 0 Å². The van der Waals surface area contributed by atoms with E-state index in [1.165, 1.54) is 24.4 Å². The summed E-state index contributed by atoms with van der Waals surface area (Å²) in [4.78, 5) is 22.5. The van der Waals surface area contributed by atoms with Crippen molar-refractivity contribution in [1.82, 2.24) is 9.97 Å². The van der Waals surface area contributed by atoms with E-state index >= 15 is 0 Å². The number of aryl methyl sites for hydroxylation is 1. The highest BCUT2D eigenvalue weighted by Crippen LogP contribution is 2.34. The number of aromatic hydroxyl groups is 2. The molecule has 1 heterocycles. The molecular formula is C21H15BrN4O4. The predicted molar refractivity (Wildman–Crippen MR) is 118 cm³/mol. The van der Waals surface area contributed by atoms with Crippen LogP contribution in [0.25, 0.3) is 22.4 Å². The standard InChI is InChI=1S/C21H15BrN4O4/c1-11-2-4-17-18(6-11)25-21(24-17)15-8-13(3-5-19(15)27)23-10-12-7-14(26(29)30)9-16(22)20(12)28/h2-10,27-28H,1H3,(H,24,25). The summed E-state index contributed by atoms with van der Waals surface area (Å²) in [6, 6.07) is 13.0. The molecule has 9 heteroatoms. The summed E-state index contributed by atoms with van der Waals surface area (Å²) in [5.41, 5.74) is 3.66. The third-order valence-corrected chi connectivity index (χ3v) is 5.12. The first-order valence-electron chi connectivity index (χ1n) is 8.82. The van der Waals surface area contributed by atoms with Gasteiger partial charge in [0.15, 0.2) is 0 Å². The molecule has 30 heavy (non-hydrogen) atoms. The Morgan fingerprint density at radius 3 is 2.73 bits per heavy atom. The van der Waals surface area contributed by atoms with Crippen molar-refractivity contribution in [1.29, 1.82) is 0 Å². The molecule has 0 aliphatic carbocycles. The topological polar surface area (TPSA) is 125 Å². The first kappa shape index (κ1) is 19.6. The van der Waals surface area contributed by atoms with E-state index < -0.39 is 4.92 Å². The summed E-state index contributed by atoms with van der Waals surface area (Å²) in [6.45, 7) is 1.98. The molecule has 0 amide bonds. The number of nitro groups is 1. The molecule has 1 aromatic heterocycles. The fourth-order valence-corrected chi connectivity index (χ4v) is 3.46. The minimum absolute atomic E-state index is 0.0330. The van der Waals surface area contributed by atoms with Crippen molar-refractivity contribution in [3.63, 3.8) is 0 Å². The molecule has 8 nitrogen and oxygen atoms in total. The van der Waals surface area contributed by atoms with Gasteiger partial charge in [-0.2, -0.15) is 0 Å². The van der Waals surface area contributed by atoms with Crippen molar-refractivity contribution in [3.05, 3.63) is 74.2 Å². The number of halogens is 1. The average Bonchev–Trinajstić information content (AvgIpc) is 3.12. The molecule has 0 aliphatic heterocycles. The Balaban J connectivity index is 1.72. The normalized spacial score (nSPS) is 11.4. The van der Waals surface area contributed by atoms with Gasteiger partial charge in [-0.25, -0.2) is 4.98 Å². The van der Waals surface area contributed by atoms with Gasteiger partial charge in [-0.3, -0.25) is 15.1 Å². The molecule has 0 aliphatic rings. The molecule has 150 valence electrons. The molecular weight excluding hydrogens is 452 g/mol. The highest BCUT2D eigenvalue weighted by atomic mass is 79.9. The van der Waals surface area contributed by atoms with Crippen LogP contribution in [0.1, 0.15) is 11.1 Å². The maximum atomic E-state index is 11.0. The number of nitrogens with one attached hydrogen (secondary N) is 1. The van der Waals surface area contributed by atoms with Crippen LogP contribution < -0.4 is 0 Å². The molecule has 0 spiro atoms. The van der Waals surface area contributed by atoms with Gasteiger partial charge in [0.05, 0.1) is 31.7 Å². The Labute approximate surface area is 178 Å². The number of phenolic OH excluding ortho intramolecular Hbond substituents is 2. The number of aromatic nitrogens is 2. The number of hydrogen-bond donors (Lipinski definition) is 3. The van der Waals surface area contributed by atoms with Crippen molar-refractivity contribution >= 4 is 44.6 Å². The third-order valence-electron chi connectivity index (χ3n) is 4.51. The largest absolute Gasteiger partial charge is 0.507 e. The molecule has 0 radical (unpaired) electrons. The average molecular weight is 467 g/mol. The Bertz CT molecular complexity index is 1330. The fourth-order valence-electron chi connectivity index (χ4n) is 3.00. The van der Waals surface area contributed by atoms with E-state index in [-0.39, 0.29) is 27.2 Å². The van der Waals surface area contributed by atoms with E-state index in [0.717, 1.165) is 16.6 Å². The number of rotatable bonds is 4. The second-order valence-corrected chi connectivity index (χ2v) is 7.54. The van der Waals surface area contributed by atoms with Crippen LogP contribution in [0.3, 0.4) is 0 Å². The van der Waals surface area contributed by atoms with Crippen molar-refractivity contribution in [2.75, 3.05) is 0 Å². The van der Waals surface area contributed by atoms with E-state index in [9.17, 15) is 20.3 Å². The van der Waals surface area contributed by atoms with Crippen LogP contribution in [0.15, 0.2) is 58.0 Å². The second kappa shape index (κ2) is 7.60. The quantitative estimate of drug-likeness (QED) is 0.211. The highest BCUT2D eigenvalue weighted by Gasteiger charge is 2.14. The summed E-state index contributed by atoms with van der Waals surface area (Å²) in [7, 11) is 0. The van der Waals surface area contributed by atoms with E-state index in [1.807, 2.05) is 25.1 Å². The van der Waals surface area contributed by atoms with Crippen LogP contribution in [0.2, 0.25) is 0 Å². The van der Waals surface area contributed by atoms with Gasteiger partial charge >= 0.3 is 0 Å². The van der Waals surface area contributed by atoms with Crippen molar-refractivity contribution < 1.29 is 15.1 Å². The van der Waals surface area contributed by atoms with Gasteiger partial charge in [-0.05, 0) is 58.7 Å². The van der Waals surface area contributed by atoms with Gasteiger partial charge in [-0.15, -0.1) is 0 Å². The fraction of sp³-hybridized carbons (Fsp3) is 0.0476. The van der Waals surface area contributed by atoms with Gasteiger partial charge in [0.25, 0.3) is 5.69 Å². The van der Waals surface area contributed by atoms with Crippen LogP contribution in [0.4, 0.5) is 11.4 Å². The van der Waals surface area contributed by atoms with Gasteiger partial charge in [0.1, 0.15) is 17.3 Å². The number of phenols is 2. The van der Waals surface area contributed by atoms with Gasteiger partial charge in [-0.1, -0.05) is 6.07 Å². The molecule has 0 saturated heterocycles. The zero-order chi connectivity index (χ0) is 21.4. The molecule has 0 fully saturated rings. The Hall–Kier alpha value is -3.72. The zero-order valence-electron chi connectivity index (χ0n) is 15.6. The zero-order valence-corrected chi connectivity index (χ0v) is 17.2. The van der Waals surface area contributed by atoms with Crippen molar-refractivity contribution in [2.24, 2.45) is 4.99 Å². The van der Waals surface area contributed by atoms with Crippen molar-refractivity contribution in [3.8, 4) is 22.9 Å². The number of aliphatic imine (C=N–C) groups is 1. The van der Waals surface area contributed by atoms with Crippen LogP contribution in [-0.2, 0) is 0 Å². The molecule has 4 rings (SSSR count). The van der Waals surface area contributed by atoms with E-state index in [4.69, 9.17) is 0 Å². The van der Waals surface area contributed by atoms with E-state index in [2.05, 4.69) is 30.9 Å².